The second kappa shape index (κ2) is 7.07. The molecule has 0 fully saturated rings. The van der Waals surface area contributed by atoms with Crippen LogP contribution in [0.25, 0.3) is 5.69 Å². The van der Waals surface area contributed by atoms with Gasteiger partial charge in [-0.2, -0.15) is 5.10 Å². The third-order valence-corrected chi connectivity index (χ3v) is 3.69. The number of methoxy groups -OCH3 is 1. The van der Waals surface area contributed by atoms with E-state index < -0.39 is 0 Å². The summed E-state index contributed by atoms with van der Waals surface area (Å²) < 4.78 is 7.05. The van der Waals surface area contributed by atoms with Crippen LogP contribution in [0, 0.1) is 0 Å². The van der Waals surface area contributed by atoms with E-state index in [0.717, 1.165) is 31.1 Å². The first-order valence-electron chi connectivity index (χ1n) is 7.73. The van der Waals surface area contributed by atoms with Crippen LogP contribution in [-0.4, -0.2) is 42.0 Å². The van der Waals surface area contributed by atoms with Crippen LogP contribution in [0.2, 0.25) is 0 Å². The summed E-state index contributed by atoms with van der Waals surface area (Å²) in [4.78, 5) is 2.25. The van der Waals surface area contributed by atoms with Crippen molar-refractivity contribution >= 4 is 0 Å². The topological polar surface area (TPSA) is 30.3 Å². The van der Waals surface area contributed by atoms with Gasteiger partial charge in [0.05, 0.1) is 18.0 Å². The highest BCUT2D eigenvalue weighted by molar-refractivity contribution is 5.34. The first kappa shape index (κ1) is 16.7. The molecule has 0 aliphatic rings. The average molecular weight is 301 g/mol. The van der Waals surface area contributed by atoms with Crippen LogP contribution in [-0.2, 0) is 16.7 Å². The molecular weight excluding hydrogens is 274 g/mol. The molecule has 0 spiro atoms. The monoisotopic (exact) mass is 301 g/mol. The number of likely N-dealkylation sites (N-methyl/N-ethyl adjacent to an activating group) is 1. The Hall–Kier alpha value is -1.65. The maximum absolute atomic E-state index is 5.10. The van der Waals surface area contributed by atoms with E-state index >= 15 is 0 Å². The Balaban J connectivity index is 2.04. The van der Waals surface area contributed by atoms with Crippen LogP contribution >= 0.6 is 0 Å². The van der Waals surface area contributed by atoms with E-state index in [-0.39, 0.29) is 5.41 Å². The Morgan fingerprint density at radius 2 is 1.82 bits per heavy atom. The van der Waals surface area contributed by atoms with E-state index in [4.69, 9.17) is 4.74 Å². The minimum absolute atomic E-state index is 0.0786. The van der Waals surface area contributed by atoms with Gasteiger partial charge in [0.15, 0.2) is 0 Å². The average Bonchev–Trinajstić information content (AvgIpc) is 2.96. The molecule has 1 aromatic heterocycles. The molecule has 0 bridgehead atoms. The minimum atomic E-state index is 0.0786. The van der Waals surface area contributed by atoms with Crippen LogP contribution in [0.4, 0.5) is 0 Å². The summed E-state index contributed by atoms with van der Waals surface area (Å²) in [5.74, 6) is 0. The van der Waals surface area contributed by atoms with Crippen molar-refractivity contribution < 1.29 is 4.74 Å². The molecule has 0 radical (unpaired) electrons. The predicted octanol–water partition coefficient (Wildman–Crippen LogP) is 3.25. The molecule has 0 unspecified atom stereocenters. The van der Waals surface area contributed by atoms with Gasteiger partial charge in [-0.1, -0.05) is 32.9 Å². The van der Waals surface area contributed by atoms with Crippen molar-refractivity contribution in [1.82, 2.24) is 14.7 Å². The predicted molar refractivity (Wildman–Crippen MR) is 90.5 cm³/mol. The molecule has 4 heteroatoms. The zero-order chi connectivity index (χ0) is 16.2. The summed E-state index contributed by atoms with van der Waals surface area (Å²) in [5.41, 5.74) is 3.58. The van der Waals surface area contributed by atoms with Gasteiger partial charge in [-0.3, -0.25) is 4.90 Å². The fraction of sp³-hybridized carbons (Fsp3) is 0.500. The first-order valence-corrected chi connectivity index (χ1v) is 7.73. The summed E-state index contributed by atoms with van der Waals surface area (Å²) in [7, 11) is 3.84. The second-order valence-electron chi connectivity index (χ2n) is 6.79. The molecule has 0 aliphatic heterocycles. The highest BCUT2D eigenvalue weighted by atomic mass is 16.5. The lowest BCUT2D eigenvalue weighted by Crippen LogP contribution is -2.22. The van der Waals surface area contributed by atoms with E-state index in [1.807, 2.05) is 10.9 Å². The standard InChI is InChI=1S/C18H27N3O/c1-18(2,3)17-10-11-21(19-17)16-8-6-15(7-9-16)14-20(4)12-13-22-5/h6-11H,12-14H2,1-5H3. The summed E-state index contributed by atoms with van der Waals surface area (Å²) >= 11 is 0. The van der Waals surface area contributed by atoms with Crippen LogP contribution in [0.5, 0.6) is 0 Å². The Morgan fingerprint density at radius 3 is 2.36 bits per heavy atom. The van der Waals surface area contributed by atoms with Crippen LogP contribution in [0.1, 0.15) is 32.0 Å². The molecule has 0 atom stereocenters. The largest absolute Gasteiger partial charge is 0.383 e. The highest BCUT2D eigenvalue weighted by Crippen LogP contribution is 2.21. The number of ether oxygens (including phenoxy) is 1. The van der Waals surface area contributed by atoms with E-state index in [1.165, 1.54) is 5.56 Å². The highest BCUT2D eigenvalue weighted by Gasteiger charge is 2.16. The molecule has 4 nitrogen and oxygen atoms in total. The smallest absolute Gasteiger partial charge is 0.0682 e. The number of rotatable bonds is 6. The van der Waals surface area contributed by atoms with Crippen molar-refractivity contribution in [3.05, 3.63) is 47.8 Å². The Morgan fingerprint density at radius 1 is 1.14 bits per heavy atom. The third-order valence-electron chi connectivity index (χ3n) is 3.69. The lowest BCUT2D eigenvalue weighted by Gasteiger charge is -2.16. The van der Waals surface area contributed by atoms with E-state index in [1.54, 1.807) is 7.11 Å². The van der Waals surface area contributed by atoms with Crippen molar-refractivity contribution in [2.45, 2.75) is 32.7 Å². The molecule has 2 aromatic rings. The van der Waals surface area contributed by atoms with Gasteiger partial charge in [0.25, 0.3) is 0 Å². The summed E-state index contributed by atoms with van der Waals surface area (Å²) in [6.07, 6.45) is 2.03. The molecule has 120 valence electrons. The molecule has 0 saturated heterocycles. The Labute approximate surface area is 133 Å². The maximum Gasteiger partial charge on any atom is 0.0682 e. The summed E-state index contributed by atoms with van der Waals surface area (Å²) in [5, 5.41) is 4.67. The quantitative estimate of drug-likeness (QED) is 0.820. The van der Waals surface area contributed by atoms with Gasteiger partial charge < -0.3 is 4.74 Å². The van der Waals surface area contributed by atoms with Gasteiger partial charge in [0.2, 0.25) is 0 Å². The van der Waals surface area contributed by atoms with Crippen molar-refractivity contribution in [2.24, 2.45) is 0 Å². The van der Waals surface area contributed by atoms with E-state index in [0.29, 0.717) is 0 Å². The number of hydrogen-bond acceptors (Lipinski definition) is 3. The zero-order valence-electron chi connectivity index (χ0n) is 14.3. The van der Waals surface area contributed by atoms with Gasteiger partial charge >= 0.3 is 0 Å². The molecule has 0 N–H and O–H groups in total. The Kier molecular flexibility index (Phi) is 5.37. The van der Waals surface area contributed by atoms with Crippen LogP contribution in [0.3, 0.4) is 0 Å². The summed E-state index contributed by atoms with van der Waals surface area (Å²) in [6.45, 7) is 9.16. The normalized spacial score (nSPS) is 12.1. The van der Waals surface area contributed by atoms with Crippen molar-refractivity contribution in [2.75, 3.05) is 27.3 Å². The summed E-state index contributed by atoms with van der Waals surface area (Å²) in [6, 6.07) is 10.7. The molecule has 0 saturated carbocycles. The van der Waals surface area contributed by atoms with Gasteiger partial charge in [0.1, 0.15) is 0 Å². The van der Waals surface area contributed by atoms with Gasteiger partial charge in [-0.15, -0.1) is 0 Å². The first-order chi connectivity index (χ1) is 10.4. The molecule has 1 heterocycles. The van der Waals surface area contributed by atoms with Crippen LogP contribution < -0.4 is 0 Å². The van der Waals surface area contributed by atoms with Crippen LogP contribution in [0.15, 0.2) is 36.5 Å². The molecule has 0 amide bonds. The zero-order valence-corrected chi connectivity index (χ0v) is 14.3. The fourth-order valence-electron chi connectivity index (χ4n) is 2.26. The van der Waals surface area contributed by atoms with Gasteiger partial charge in [-0.25, -0.2) is 4.68 Å². The number of hydrogen-bond donors (Lipinski definition) is 0. The van der Waals surface area contributed by atoms with E-state index in [2.05, 4.69) is 68.1 Å². The molecule has 2 rings (SSSR count). The second-order valence-corrected chi connectivity index (χ2v) is 6.79. The SMILES string of the molecule is COCCN(C)Cc1ccc(-n2ccc(C(C)(C)C)n2)cc1. The minimum Gasteiger partial charge on any atom is -0.383 e. The Bertz CT molecular complexity index is 581. The molecular formula is C18H27N3O. The number of benzene rings is 1. The molecule has 0 aliphatic carbocycles. The van der Waals surface area contributed by atoms with Gasteiger partial charge in [0, 0.05) is 31.8 Å². The van der Waals surface area contributed by atoms with Crippen molar-refractivity contribution in [1.29, 1.82) is 0 Å². The lowest BCUT2D eigenvalue weighted by atomic mass is 9.93. The van der Waals surface area contributed by atoms with E-state index in [9.17, 15) is 0 Å². The molecule has 22 heavy (non-hydrogen) atoms. The van der Waals surface area contributed by atoms with Crippen molar-refractivity contribution in [3.8, 4) is 5.69 Å². The fourth-order valence-corrected chi connectivity index (χ4v) is 2.26. The lowest BCUT2D eigenvalue weighted by molar-refractivity contribution is 0.158. The number of nitrogens with zero attached hydrogens (tertiary/aromatic N) is 3. The number of aromatic nitrogens is 2. The maximum atomic E-state index is 5.10. The van der Waals surface area contributed by atoms with Crippen molar-refractivity contribution in [3.63, 3.8) is 0 Å². The van der Waals surface area contributed by atoms with Gasteiger partial charge in [-0.05, 0) is 30.8 Å². The molecule has 1 aromatic carbocycles. The third kappa shape index (κ3) is 4.42.